The minimum Gasteiger partial charge on any atom is -0.478 e. The van der Waals surface area contributed by atoms with Crippen LogP contribution in [0.5, 0.6) is 5.88 Å². The van der Waals surface area contributed by atoms with E-state index in [1.807, 2.05) is 0 Å². The molecule has 2 rings (SSSR count). The summed E-state index contributed by atoms with van der Waals surface area (Å²) in [5, 5.41) is 8.76. The molecule has 1 aliphatic rings. The van der Waals surface area contributed by atoms with Crippen LogP contribution in [0.15, 0.2) is 30.5 Å². The Balaban J connectivity index is 1.90. The molecule has 0 spiro atoms. The van der Waals surface area contributed by atoms with Gasteiger partial charge >= 0.3 is 5.97 Å². The third kappa shape index (κ3) is 3.09. The van der Waals surface area contributed by atoms with Gasteiger partial charge in [0.15, 0.2) is 0 Å². The Kier molecular flexibility index (Phi) is 3.97. The molecule has 4 heteroatoms. The zero-order chi connectivity index (χ0) is 13.0. The average Bonchev–Trinajstić information content (AvgIpc) is 2.38. The van der Waals surface area contributed by atoms with Crippen LogP contribution in [0.4, 0.5) is 0 Å². The Morgan fingerprint density at radius 3 is 2.83 bits per heavy atom. The van der Waals surface area contributed by atoms with Crippen LogP contribution in [-0.4, -0.2) is 22.7 Å². The van der Waals surface area contributed by atoms with Gasteiger partial charge in [0.2, 0.25) is 5.88 Å². The second-order valence-corrected chi connectivity index (χ2v) is 4.68. The molecular weight excluding hydrogens is 230 g/mol. The zero-order valence-electron chi connectivity index (χ0n) is 10.4. The van der Waals surface area contributed by atoms with E-state index >= 15 is 0 Å². The quantitative estimate of drug-likeness (QED) is 0.831. The standard InChI is InChI=1S/C14H17NO3/c1-10-4-2-3-5-12(10)9-18-13-7-6-11(8-15-13)14(16)17/h2-3,6-8,10,12H,4-5,9H2,1H3,(H,16,17). The van der Waals surface area contributed by atoms with Gasteiger partial charge in [0.05, 0.1) is 12.2 Å². The van der Waals surface area contributed by atoms with Crippen LogP contribution in [0.2, 0.25) is 0 Å². The summed E-state index contributed by atoms with van der Waals surface area (Å²) in [6.45, 7) is 2.85. The average molecular weight is 247 g/mol. The summed E-state index contributed by atoms with van der Waals surface area (Å²) in [4.78, 5) is 14.7. The van der Waals surface area contributed by atoms with Crippen LogP contribution < -0.4 is 4.74 Å². The molecule has 2 unspecified atom stereocenters. The molecule has 0 fully saturated rings. The lowest BCUT2D eigenvalue weighted by atomic mass is 9.85. The maximum atomic E-state index is 10.7. The number of carboxylic acids is 1. The minimum absolute atomic E-state index is 0.177. The number of allylic oxidation sites excluding steroid dienone is 2. The van der Waals surface area contributed by atoms with E-state index in [9.17, 15) is 4.79 Å². The highest BCUT2D eigenvalue weighted by Gasteiger charge is 2.19. The van der Waals surface area contributed by atoms with Crippen molar-refractivity contribution in [3.8, 4) is 5.88 Å². The van der Waals surface area contributed by atoms with Crippen molar-refractivity contribution in [1.29, 1.82) is 0 Å². The molecular formula is C14H17NO3. The van der Waals surface area contributed by atoms with E-state index < -0.39 is 5.97 Å². The molecule has 4 nitrogen and oxygen atoms in total. The topological polar surface area (TPSA) is 59.4 Å². The van der Waals surface area contributed by atoms with Gasteiger partial charge in [0, 0.05) is 12.3 Å². The monoisotopic (exact) mass is 247 g/mol. The normalized spacial score (nSPS) is 22.7. The van der Waals surface area contributed by atoms with Gasteiger partial charge < -0.3 is 9.84 Å². The smallest absolute Gasteiger partial charge is 0.337 e. The fourth-order valence-electron chi connectivity index (χ4n) is 2.02. The van der Waals surface area contributed by atoms with Crippen LogP contribution in [0.1, 0.15) is 30.1 Å². The van der Waals surface area contributed by atoms with Gasteiger partial charge in [-0.05, 0) is 30.7 Å². The second-order valence-electron chi connectivity index (χ2n) is 4.68. The predicted octanol–water partition coefficient (Wildman–Crippen LogP) is 2.76. The van der Waals surface area contributed by atoms with Gasteiger partial charge in [-0.1, -0.05) is 19.1 Å². The van der Waals surface area contributed by atoms with E-state index in [1.165, 1.54) is 12.3 Å². The number of rotatable bonds is 4. The molecule has 1 aliphatic carbocycles. The highest BCUT2D eigenvalue weighted by Crippen LogP contribution is 2.25. The lowest BCUT2D eigenvalue weighted by Gasteiger charge is -2.24. The number of hydrogen-bond donors (Lipinski definition) is 1. The highest BCUT2D eigenvalue weighted by molar-refractivity contribution is 5.87. The van der Waals surface area contributed by atoms with Crippen LogP contribution in [0.3, 0.4) is 0 Å². The van der Waals surface area contributed by atoms with E-state index in [-0.39, 0.29) is 5.56 Å². The van der Waals surface area contributed by atoms with Crippen molar-refractivity contribution in [2.24, 2.45) is 11.8 Å². The molecule has 0 aromatic carbocycles. The minimum atomic E-state index is -0.972. The number of ether oxygens (including phenoxy) is 1. The molecule has 96 valence electrons. The second kappa shape index (κ2) is 5.67. The number of carbonyl (C=O) groups is 1. The number of pyridine rings is 1. The molecule has 1 aromatic heterocycles. The molecule has 0 radical (unpaired) electrons. The molecule has 0 amide bonds. The van der Waals surface area contributed by atoms with E-state index in [1.54, 1.807) is 6.07 Å². The molecule has 0 bridgehead atoms. The molecule has 2 atom stereocenters. The Labute approximate surface area is 106 Å². The molecule has 18 heavy (non-hydrogen) atoms. The maximum Gasteiger partial charge on any atom is 0.337 e. The molecule has 0 aliphatic heterocycles. The fourth-order valence-corrected chi connectivity index (χ4v) is 2.02. The molecule has 0 saturated carbocycles. The first-order valence-corrected chi connectivity index (χ1v) is 6.14. The van der Waals surface area contributed by atoms with Crippen molar-refractivity contribution >= 4 is 5.97 Å². The fraction of sp³-hybridized carbons (Fsp3) is 0.429. The van der Waals surface area contributed by atoms with Crippen molar-refractivity contribution < 1.29 is 14.6 Å². The third-order valence-corrected chi connectivity index (χ3v) is 3.35. The Morgan fingerprint density at radius 1 is 1.44 bits per heavy atom. The molecule has 0 saturated heterocycles. The number of carboxylic acid groups (broad SMARTS) is 1. The van der Waals surface area contributed by atoms with Crippen LogP contribution in [0.25, 0.3) is 0 Å². The van der Waals surface area contributed by atoms with Crippen LogP contribution >= 0.6 is 0 Å². The number of aromatic nitrogens is 1. The molecule has 1 N–H and O–H groups in total. The summed E-state index contributed by atoms with van der Waals surface area (Å²) in [5.74, 6) is 0.645. The Hall–Kier alpha value is -1.84. The highest BCUT2D eigenvalue weighted by atomic mass is 16.5. The van der Waals surface area contributed by atoms with E-state index in [0.717, 1.165) is 12.8 Å². The lowest BCUT2D eigenvalue weighted by molar-refractivity contribution is 0.0696. The summed E-state index contributed by atoms with van der Waals surface area (Å²) in [6, 6.07) is 3.11. The first-order chi connectivity index (χ1) is 8.66. The zero-order valence-corrected chi connectivity index (χ0v) is 10.4. The summed E-state index contributed by atoms with van der Waals surface area (Å²) < 4.78 is 5.61. The number of aromatic carboxylic acids is 1. The van der Waals surface area contributed by atoms with Gasteiger partial charge in [-0.15, -0.1) is 0 Å². The third-order valence-electron chi connectivity index (χ3n) is 3.35. The first kappa shape index (κ1) is 12.6. The van der Waals surface area contributed by atoms with Crippen molar-refractivity contribution in [2.75, 3.05) is 6.61 Å². The van der Waals surface area contributed by atoms with Gasteiger partial charge in [-0.2, -0.15) is 0 Å². The van der Waals surface area contributed by atoms with E-state index in [0.29, 0.717) is 24.3 Å². The molecule has 1 heterocycles. The van der Waals surface area contributed by atoms with E-state index in [2.05, 4.69) is 24.1 Å². The largest absolute Gasteiger partial charge is 0.478 e. The number of nitrogens with zero attached hydrogens (tertiary/aromatic N) is 1. The van der Waals surface area contributed by atoms with Crippen molar-refractivity contribution in [3.05, 3.63) is 36.0 Å². The van der Waals surface area contributed by atoms with Gasteiger partial charge in [0.25, 0.3) is 0 Å². The number of hydrogen-bond acceptors (Lipinski definition) is 3. The van der Waals surface area contributed by atoms with Crippen molar-refractivity contribution in [3.63, 3.8) is 0 Å². The van der Waals surface area contributed by atoms with Crippen molar-refractivity contribution in [2.45, 2.75) is 19.8 Å². The molecule has 1 aromatic rings. The van der Waals surface area contributed by atoms with Gasteiger partial charge in [-0.25, -0.2) is 9.78 Å². The van der Waals surface area contributed by atoms with Gasteiger partial charge in [0.1, 0.15) is 0 Å². The van der Waals surface area contributed by atoms with Crippen LogP contribution in [-0.2, 0) is 0 Å². The Morgan fingerprint density at radius 2 is 2.22 bits per heavy atom. The van der Waals surface area contributed by atoms with Crippen molar-refractivity contribution in [1.82, 2.24) is 4.98 Å². The predicted molar refractivity (Wildman–Crippen MR) is 67.7 cm³/mol. The van der Waals surface area contributed by atoms with Gasteiger partial charge in [-0.3, -0.25) is 0 Å². The van der Waals surface area contributed by atoms with Crippen LogP contribution in [0, 0.1) is 11.8 Å². The summed E-state index contributed by atoms with van der Waals surface area (Å²) in [6.07, 6.45) is 7.85. The Bertz CT molecular complexity index is 439. The SMILES string of the molecule is CC1CC=CCC1COc1ccc(C(=O)O)cn1. The maximum absolute atomic E-state index is 10.7. The summed E-state index contributed by atoms with van der Waals surface area (Å²) in [5.41, 5.74) is 0.177. The van der Waals surface area contributed by atoms with E-state index in [4.69, 9.17) is 9.84 Å². The summed E-state index contributed by atoms with van der Waals surface area (Å²) >= 11 is 0. The lowest BCUT2D eigenvalue weighted by Crippen LogP contribution is -2.21. The summed E-state index contributed by atoms with van der Waals surface area (Å²) in [7, 11) is 0. The first-order valence-electron chi connectivity index (χ1n) is 6.14.